The van der Waals surface area contributed by atoms with E-state index >= 15 is 0 Å². The van der Waals surface area contributed by atoms with Gasteiger partial charge in [-0.3, -0.25) is 9.59 Å². The van der Waals surface area contributed by atoms with Crippen molar-refractivity contribution >= 4 is 29.1 Å². The average molecular weight is 577 g/mol. The standard InChI is InChI=1S/C28H29FN8O5/c29-21-13-37(25(39)15-38)8-7-23(21)42-22-6-1-17(11-18(22)12-30)27-32-16-33-28(35-27)34-19-2-4-20(5-3-19)36-9-10-41-24(14-36)26(31)40/h1-6,11,16,21,23-24,38H,7-10,13-15H2,(H2,31,40)(H,32,33,34,35). The first kappa shape index (κ1) is 28.7. The molecule has 0 saturated carbocycles. The van der Waals surface area contributed by atoms with Gasteiger partial charge in [0.15, 0.2) is 18.1 Å². The van der Waals surface area contributed by atoms with E-state index in [1.165, 1.54) is 11.2 Å². The van der Waals surface area contributed by atoms with Gasteiger partial charge in [0.25, 0.3) is 0 Å². The number of aromatic nitrogens is 3. The predicted octanol–water partition coefficient (Wildman–Crippen LogP) is 1.15. The van der Waals surface area contributed by atoms with E-state index < -0.39 is 36.8 Å². The molecule has 42 heavy (non-hydrogen) atoms. The minimum absolute atomic E-state index is 0.181. The number of hydrogen-bond donors (Lipinski definition) is 3. The molecule has 2 fully saturated rings. The van der Waals surface area contributed by atoms with Crippen molar-refractivity contribution in [1.82, 2.24) is 19.9 Å². The lowest BCUT2D eigenvalue weighted by atomic mass is 10.0. The number of piperidine rings is 1. The van der Waals surface area contributed by atoms with Crippen molar-refractivity contribution in [3.63, 3.8) is 0 Å². The number of nitrogens with zero attached hydrogens (tertiary/aromatic N) is 6. The Balaban J connectivity index is 1.25. The maximum absolute atomic E-state index is 14.7. The molecule has 2 aliphatic rings. The minimum atomic E-state index is -1.47. The zero-order chi connectivity index (χ0) is 29.6. The van der Waals surface area contributed by atoms with Crippen molar-refractivity contribution in [3.05, 3.63) is 54.4 Å². The number of likely N-dealkylation sites (tertiary alicyclic amines) is 1. The van der Waals surface area contributed by atoms with Crippen molar-refractivity contribution in [2.24, 2.45) is 5.73 Å². The van der Waals surface area contributed by atoms with Crippen LogP contribution in [0.3, 0.4) is 0 Å². The number of nitrogens with two attached hydrogens (primary N) is 1. The van der Waals surface area contributed by atoms with Gasteiger partial charge in [0, 0.05) is 36.4 Å². The fourth-order valence-electron chi connectivity index (χ4n) is 4.80. The first-order valence-corrected chi connectivity index (χ1v) is 13.3. The molecule has 0 bridgehead atoms. The number of amides is 2. The fourth-order valence-corrected chi connectivity index (χ4v) is 4.80. The van der Waals surface area contributed by atoms with Gasteiger partial charge in [-0.2, -0.15) is 10.2 Å². The van der Waals surface area contributed by atoms with E-state index in [4.69, 9.17) is 20.3 Å². The zero-order valence-corrected chi connectivity index (χ0v) is 22.5. The number of anilines is 3. The van der Waals surface area contributed by atoms with E-state index in [2.05, 4.69) is 26.3 Å². The molecule has 0 aliphatic carbocycles. The Labute approximate surface area is 240 Å². The number of ether oxygens (including phenoxy) is 2. The summed E-state index contributed by atoms with van der Waals surface area (Å²) in [5.41, 5.74) is 7.75. The number of carbonyl (C=O) groups is 2. The number of rotatable bonds is 8. The Morgan fingerprint density at radius 2 is 2.00 bits per heavy atom. The molecule has 3 unspecified atom stereocenters. The van der Waals surface area contributed by atoms with Crippen LogP contribution in [0.15, 0.2) is 48.8 Å². The van der Waals surface area contributed by atoms with Crippen LogP contribution in [-0.4, -0.2) is 94.5 Å². The SMILES string of the molecule is N#Cc1cc(-c2ncnc(Nc3ccc(N4CCOC(C(N)=O)C4)cc3)n2)ccc1OC1CCN(C(=O)CO)CC1F. The molecular weight excluding hydrogens is 547 g/mol. The van der Waals surface area contributed by atoms with Crippen LogP contribution in [0, 0.1) is 11.3 Å². The van der Waals surface area contributed by atoms with E-state index in [0.29, 0.717) is 31.1 Å². The second-order valence-electron chi connectivity index (χ2n) is 9.79. The van der Waals surface area contributed by atoms with Gasteiger partial charge in [0.2, 0.25) is 17.8 Å². The van der Waals surface area contributed by atoms with E-state index in [1.807, 2.05) is 29.2 Å². The summed E-state index contributed by atoms with van der Waals surface area (Å²) in [6.45, 7) is 0.819. The highest BCUT2D eigenvalue weighted by molar-refractivity contribution is 5.80. The summed E-state index contributed by atoms with van der Waals surface area (Å²) in [7, 11) is 0. The molecule has 0 spiro atoms. The Bertz CT molecular complexity index is 1480. The number of primary amides is 1. The van der Waals surface area contributed by atoms with E-state index in [9.17, 15) is 19.2 Å². The summed E-state index contributed by atoms with van der Waals surface area (Å²) >= 11 is 0. The smallest absolute Gasteiger partial charge is 0.248 e. The van der Waals surface area contributed by atoms with Crippen molar-refractivity contribution < 1.29 is 28.6 Å². The number of halogens is 1. The molecule has 3 atom stereocenters. The maximum atomic E-state index is 14.7. The topological polar surface area (TPSA) is 180 Å². The van der Waals surface area contributed by atoms with Gasteiger partial charge in [-0.1, -0.05) is 0 Å². The van der Waals surface area contributed by atoms with Gasteiger partial charge in [-0.15, -0.1) is 0 Å². The van der Waals surface area contributed by atoms with Crippen LogP contribution in [0.1, 0.15) is 12.0 Å². The summed E-state index contributed by atoms with van der Waals surface area (Å²) in [6, 6.07) is 14.4. The highest BCUT2D eigenvalue weighted by atomic mass is 19.1. The molecule has 2 amide bonds. The van der Waals surface area contributed by atoms with Crippen molar-refractivity contribution in [3.8, 4) is 23.2 Å². The monoisotopic (exact) mass is 576 g/mol. The summed E-state index contributed by atoms with van der Waals surface area (Å²) in [6.07, 6.45) is -1.37. The number of hydrogen-bond acceptors (Lipinski definition) is 11. The Morgan fingerprint density at radius 3 is 2.71 bits per heavy atom. The summed E-state index contributed by atoms with van der Waals surface area (Å²) in [5.74, 6) is -0.205. The van der Waals surface area contributed by atoms with Gasteiger partial charge < -0.3 is 35.4 Å². The van der Waals surface area contributed by atoms with Crippen LogP contribution in [0.25, 0.3) is 11.4 Å². The van der Waals surface area contributed by atoms with Crippen molar-refractivity contribution in [1.29, 1.82) is 5.26 Å². The lowest BCUT2D eigenvalue weighted by Gasteiger charge is -2.34. The molecule has 5 rings (SSSR count). The lowest BCUT2D eigenvalue weighted by molar-refractivity contribution is -0.138. The van der Waals surface area contributed by atoms with Crippen LogP contribution in [-0.2, 0) is 14.3 Å². The predicted molar refractivity (Wildman–Crippen MR) is 148 cm³/mol. The van der Waals surface area contributed by atoms with Gasteiger partial charge in [-0.25, -0.2) is 14.4 Å². The largest absolute Gasteiger partial charge is 0.486 e. The van der Waals surface area contributed by atoms with Crippen molar-refractivity contribution in [2.45, 2.75) is 24.8 Å². The van der Waals surface area contributed by atoms with Gasteiger partial charge in [0.05, 0.1) is 25.3 Å². The number of carbonyl (C=O) groups excluding carboxylic acids is 2. The molecule has 4 N–H and O–H groups in total. The highest BCUT2D eigenvalue weighted by Gasteiger charge is 2.33. The molecule has 3 aromatic rings. The second kappa shape index (κ2) is 12.8. The molecule has 3 heterocycles. The minimum Gasteiger partial charge on any atom is -0.486 e. The number of morpholine rings is 1. The Kier molecular flexibility index (Phi) is 8.70. The number of nitriles is 1. The van der Waals surface area contributed by atoms with Gasteiger partial charge in [0.1, 0.15) is 30.9 Å². The van der Waals surface area contributed by atoms with E-state index in [0.717, 1.165) is 11.4 Å². The van der Waals surface area contributed by atoms with Crippen LogP contribution >= 0.6 is 0 Å². The average Bonchev–Trinajstić information content (AvgIpc) is 3.02. The highest BCUT2D eigenvalue weighted by Crippen LogP contribution is 2.29. The fraction of sp³-hybridized carbons (Fsp3) is 0.357. The molecule has 218 valence electrons. The quantitative estimate of drug-likeness (QED) is 0.350. The zero-order valence-electron chi connectivity index (χ0n) is 22.5. The second-order valence-corrected chi connectivity index (χ2v) is 9.79. The molecule has 0 radical (unpaired) electrons. The van der Waals surface area contributed by atoms with E-state index in [-0.39, 0.29) is 36.8 Å². The molecule has 14 heteroatoms. The van der Waals surface area contributed by atoms with Crippen molar-refractivity contribution in [2.75, 3.05) is 49.6 Å². The Morgan fingerprint density at radius 1 is 1.19 bits per heavy atom. The molecular formula is C28H29FN8O5. The van der Waals surface area contributed by atoms with Crippen LogP contribution in [0.5, 0.6) is 5.75 Å². The Hall–Kier alpha value is -4.87. The normalized spacial score (nSPS) is 20.5. The van der Waals surface area contributed by atoms with Crippen LogP contribution < -0.4 is 20.7 Å². The molecule has 2 aromatic carbocycles. The number of benzene rings is 2. The maximum Gasteiger partial charge on any atom is 0.248 e. The third-order valence-electron chi connectivity index (χ3n) is 7.05. The lowest BCUT2D eigenvalue weighted by Crippen LogP contribution is -2.50. The third kappa shape index (κ3) is 6.54. The number of aliphatic hydroxyl groups is 1. The van der Waals surface area contributed by atoms with Gasteiger partial charge >= 0.3 is 0 Å². The first-order valence-electron chi connectivity index (χ1n) is 13.3. The third-order valence-corrected chi connectivity index (χ3v) is 7.05. The molecule has 1 aromatic heterocycles. The summed E-state index contributed by atoms with van der Waals surface area (Å²) in [5, 5.41) is 21.9. The number of nitrogens with one attached hydrogen (secondary N) is 1. The molecule has 2 aliphatic heterocycles. The van der Waals surface area contributed by atoms with Crippen LogP contribution in [0.2, 0.25) is 0 Å². The van der Waals surface area contributed by atoms with Gasteiger partial charge in [-0.05, 0) is 42.5 Å². The van der Waals surface area contributed by atoms with Crippen LogP contribution in [0.4, 0.5) is 21.7 Å². The molecule has 13 nitrogen and oxygen atoms in total. The first-order chi connectivity index (χ1) is 20.3. The number of alkyl halides is 1. The summed E-state index contributed by atoms with van der Waals surface area (Å²) in [4.78, 5) is 39.3. The number of aliphatic hydroxyl groups excluding tert-OH is 1. The summed E-state index contributed by atoms with van der Waals surface area (Å²) < 4.78 is 25.9. The molecule has 2 saturated heterocycles. The van der Waals surface area contributed by atoms with E-state index in [1.54, 1.807) is 18.2 Å².